The normalized spacial score (nSPS) is 10.3. The molecule has 2 N–H and O–H groups in total. The van der Waals surface area contributed by atoms with Gasteiger partial charge in [-0.05, 0) is 23.8 Å². The van der Waals surface area contributed by atoms with Gasteiger partial charge in [-0.1, -0.05) is 46.3 Å². The predicted molar refractivity (Wildman–Crippen MR) is 99.4 cm³/mol. The number of hydrogen-bond donors (Lipinski definition) is 2. The first-order valence-electron chi connectivity index (χ1n) is 7.57. The first-order chi connectivity index (χ1) is 12.5. The molecule has 0 bridgehead atoms. The van der Waals surface area contributed by atoms with Crippen LogP contribution >= 0.6 is 15.9 Å². The van der Waals surface area contributed by atoms with Gasteiger partial charge in [0.05, 0.1) is 18.7 Å². The highest BCUT2D eigenvalue weighted by Gasteiger charge is 2.23. The second-order valence-electron chi connectivity index (χ2n) is 5.50. The van der Waals surface area contributed by atoms with Crippen LogP contribution in [0.1, 0.15) is 26.4 Å². The number of Topliss-reactive ketones (excluding diaryl/α,β-unsaturated/α-hetero) is 1. The topological polar surface area (TPSA) is 87.4 Å². The lowest BCUT2D eigenvalue weighted by molar-refractivity contribution is 0.0697. The lowest BCUT2D eigenvalue weighted by Gasteiger charge is -2.03. The molecular formula is C19H12BrN3O3. The van der Waals surface area contributed by atoms with Crippen LogP contribution < -0.4 is 0 Å². The number of aromatic nitrogens is 2. The largest absolute Gasteiger partial charge is 0.478 e. The van der Waals surface area contributed by atoms with Crippen molar-refractivity contribution in [2.45, 2.75) is 6.42 Å². The summed E-state index contributed by atoms with van der Waals surface area (Å²) in [5.41, 5.74) is 1.76. The molecule has 1 heterocycles. The number of H-pyrrole nitrogens is 1. The van der Waals surface area contributed by atoms with Crippen molar-refractivity contribution in [1.82, 2.24) is 10.2 Å². The first kappa shape index (κ1) is 17.6. The van der Waals surface area contributed by atoms with Gasteiger partial charge in [0.2, 0.25) is 0 Å². The molecule has 0 radical (unpaired) electrons. The van der Waals surface area contributed by atoms with E-state index in [-0.39, 0.29) is 29.2 Å². The minimum Gasteiger partial charge on any atom is -0.478 e. The third-order valence-corrected chi connectivity index (χ3v) is 4.34. The van der Waals surface area contributed by atoms with E-state index in [9.17, 15) is 14.7 Å². The number of hydrogen-bond acceptors (Lipinski definition) is 3. The van der Waals surface area contributed by atoms with E-state index in [4.69, 9.17) is 6.57 Å². The summed E-state index contributed by atoms with van der Waals surface area (Å²) >= 11 is 3.31. The zero-order valence-corrected chi connectivity index (χ0v) is 14.9. The molecule has 0 saturated heterocycles. The van der Waals surface area contributed by atoms with Crippen LogP contribution in [0, 0.1) is 6.57 Å². The predicted octanol–water partition coefficient (Wildman–Crippen LogP) is 4.51. The SMILES string of the molecule is [C-]#[N+]c1cccc(-c2n[nH]c(CC(=O)c3ccc(Br)cc3)c2C(=O)O)c1. The van der Waals surface area contributed by atoms with Crippen molar-refractivity contribution in [3.8, 4) is 11.3 Å². The third-order valence-electron chi connectivity index (χ3n) is 3.81. The van der Waals surface area contributed by atoms with Gasteiger partial charge < -0.3 is 5.11 Å². The standard InChI is InChI=1S/C19H12BrN3O3/c1-21-14-4-2-3-12(9-14)18-17(19(25)26)15(22-23-18)10-16(24)11-5-7-13(20)8-6-11/h2-9H,10H2,(H,22,23)(H,25,26). The molecule has 3 aromatic rings. The van der Waals surface area contributed by atoms with E-state index >= 15 is 0 Å². The molecule has 0 aliphatic carbocycles. The molecule has 26 heavy (non-hydrogen) atoms. The minimum atomic E-state index is -1.18. The van der Waals surface area contributed by atoms with Crippen molar-refractivity contribution in [3.05, 3.63) is 81.2 Å². The summed E-state index contributed by atoms with van der Waals surface area (Å²) in [6.45, 7) is 7.08. The third kappa shape index (κ3) is 3.55. The van der Waals surface area contributed by atoms with Crippen LogP contribution in [0.2, 0.25) is 0 Å². The average Bonchev–Trinajstić information content (AvgIpc) is 3.06. The number of carboxylic acids is 1. The molecule has 0 amide bonds. The molecule has 0 atom stereocenters. The zero-order chi connectivity index (χ0) is 18.7. The van der Waals surface area contributed by atoms with Gasteiger partial charge in [0.25, 0.3) is 0 Å². The molecule has 0 spiro atoms. The summed E-state index contributed by atoms with van der Waals surface area (Å²) < 4.78 is 0.851. The Labute approximate surface area is 157 Å². The highest BCUT2D eigenvalue weighted by Crippen LogP contribution is 2.28. The van der Waals surface area contributed by atoms with Crippen LogP contribution in [0.3, 0.4) is 0 Å². The fraction of sp³-hybridized carbons (Fsp3) is 0.0526. The number of rotatable bonds is 5. The summed E-state index contributed by atoms with van der Waals surface area (Å²) in [7, 11) is 0. The molecule has 0 fully saturated rings. The molecule has 0 unspecified atom stereocenters. The summed E-state index contributed by atoms with van der Waals surface area (Å²) in [5.74, 6) is -1.40. The molecule has 0 saturated carbocycles. The summed E-state index contributed by atoms with van der Waals surface area (Å²) in [5, 5.41) is 16.3. The second-order valence-corrected chi connectivity index (χ2v) is 6.42. The molecule has 0 aliphatic heterocycles. The Morgan fingerprint density at radius 2 is 1.92 bits per heavy atom. The molecule has 0 aliphatic rings. The van der Waals surface area contributed by atoms with Gasteiger partial charge in [-0.15, -0.1) is 0 Å². The highest BCUT2D eigenvalue weighted by molar-refractivity contribution is 9.10. The van der Waals surface area contributed by atoms with Gasteiger partial charge in [0, 0.05) is 10.0 Å². The van der Waals surface area contributed by atoms with Crippen molar-refractivity contribution >= 4 is 33.4 Å². The number of aromatic amines is 1. The van der Waals surface area contributed by atoms with E-state index in [1.807, 2.05) is 0 Å². The second kappa shape index (κ2) is 7.33. The maximum atomic E-state index is 12.5. The Hall–Kier alpha value is -3.24. The van der Waals surface area contributed by atoms with Gasteiger partial charge in [0.15, 0.2) is 11.5 Å². The molecular weight excluding hydrogens is 398 g/mol. The number of nitrogens with one attached hydrogen (secondary N) is 1. The zero-order valence-electron chi connectivity index (χ0n) is 13.4. The van der Waals surface area contributed by atoms with E-state index in [0.717, 1.165) is 4.47 Å². The van der Waals surface area contributed by atoms with Crippen molar-refractivity contribution in [2.75, 3.05) is 0 Å². The van der Waals surface area contributed by atoms with Crippen molar-refractivity contribution in [1.29, 1.82) is 0 Å². The monoisotopic (exact) mass is 409 g/mol. The number of carbonyl (C=O) groups is 2. The molecule has 7 heteroatoms. The molecule has 2 aromatic carbocycles. The Morgan fingerprint density at radius 3 is 2.58 bits per heavy atom. The van der Waals surface area contributed by atoms with Gasteiger partial charge in [0.1, 0.15) is 11.3 Å². The number of carbonyl (C=O) groups excluding carboxylic acids is 1. The molecule has 6 nitrogen and oxygen atoms in total. The molecule has 3 rings (SSSR count). The Bertz CT molecular complexity index is 1030. The van der Waals surface area contributed by atoms with Crippen LogP contribution in [-0.4, -0.2) is 27.1 Å². The van der Waals surface area contributed by atoms with Crippen molar-refractivity contribution in [3.63, 3.8) is 0 Å². The number of halogens is 1. The number of ketones is 1. The van der Waals surface area contributed by atoms with E-state index in [2.05, 4.69) is 31.0 Å². The fourth-order valence-electron chi connectivity index (χ4n) is 2.57. The Morgan fingerprint density at radius 1 is 1.19 bits per heavy atom. The number of carboxylic acid groups (broad SMARTS) is 1. The van der Waals surface area contributed by atoms with Crippen LogP contribution in [0.15, 0.2) is 53.0 Å². The average molecular weight is 410 g/mol. The van der Waals surface area contributed by atoms with Crippen molar-refractivity contribution < 1.29 is 14.7 Å². The van der Waals surface area contributed by atoms with Crippen LogP contribution in [0.4, 0.5) is 5.69 Å². The van der Waals surface area contributed by atoms with E-state index in [1.165, 1.54) is 0 Å². The summed E-state index contributed by atoms with van der Waals surface area (Å²) in [6.07, 6.45) is -0.112. The lowest BCUT2D eigenvalue weighted by Crippen LogP contribution is -2.08. The van der Waals surface area contributed by atoms with E-state index < -0.39 is 5.97 Å². The maximum Gasteiger partial charge on any atom is 0.339 e. The fourth-order valence-corrected chi connectivity index (χ4v) is 2.83. The molecule has 1 aromatic heterocycles. The van der Waals surface area contributed by atoms with Gasteiger partial charge in [-0.3, -0.25) is 9.89 Å². The number of aromatic carboxylic acids is 1. The minimum absolute atomic E-state index is 0.0578. The van der Waals surface area contributed by atoms with Crippen LogP contribution in [0.25, 0.3) is 16.1 Å². The lowest BCUT2D eigenvalue weighted by atomic mass is 10.0. The molecule has 128 valence electrons. The maximum absolute atomic E-state index is 12.5. The smallest absolute Gasteiger partial charge is 0.339 e. The van der Waals surface area contributed by atoms with Gasteiger partial charge in [-0.25, -0.2) is 9.64 Å². The van der Waals surface area contributed by atoms with Crippen LogP contribution in [0.5, 0.6) is 0 Å². The van der Waals surface area contributed by atoms with E-state index in [0.29, 0.717) is 16.8 Å². The Kier molecular flexibility index (Phi) is 4.96. The number of benzene rings is 2. The summed E-state index contributed by atoms with van der Waals surface area (Å²) in [4.78, 5) is 27.5. The quantitative estimate of drug-likeness (QED) is 0.479. The number of nitrogens with zero attached hydrogens (tertiary/aromatic N) is 2. The van der Waals surface area contributed by atoms with Crippen molar-refractivity contribution in [2.24, 2.45) is 0 Å². The van der Waals surface area contributed by atoms with Gasteiger partial charge in [-0.2, -0.15) is 5.10 Å². The van der Waals surface area contributed by atoms with Gasteiger partial charge >= 0.3 is 5.97 Å². The highest BCUT2D eigenvalue weighted by atomic mass is 79.9. The summed E-state index contributed by atoms with van der Waals surface area (Å²) in [6, 6.07) is 13.4. The first-order valence-corrected chi connectivity index (χ1v) is 8.36. The van der Waals surface area contributed by atoms with E-state index in [1.54, 1.807) is 48.5 Å². The Balaban J connectivity index is 1.97. The van der Waals surface area contributed by atoms with Crippen LogP contribution in [-0.2, 0) is 6.42 Å².